The second kappa shape index (κ2) is 8.61. The summed E-state index contributed by atoms with van der Waals surface area (Å²) < 4.78 is 7.99. The number of halogens is 1. The number of oxazole rings is 1. The molecule has 10 nitrogen and oxygen atoms in total. The Hall–Kier alpha value is -2.82. The fourth-order valence-electron chi connectivity index (χ4n) is 4.38. The summed E-state index contributed by atoms with van der Waals surface area (Å²) in [5, 5.41) is 15.4. The third-order valence-corrected chi connectivity index (χ3v) is 6.24. The van der Waals surface area contributed by atoms with E-state index in [9.17, 15) is 9.90 Å². The van der Waals surface area contributed by atoms with Crippen LogP contribution in [0.15, 0.2) is 22.7 Å². The number of fused-ring (bicyclic) bond motifs is 1. The molecule has 5 rings (SSSR count). The van der Waals surface area contributed by atoms with Crippen LogP contribution >= 0.6 is 12.4 Å². The summed E-state index contributed by atoms with van der Waals surface area (Å²) in [6.45, 7) is 4.54. The summed E-state index contributed by atoms with van der Waals surface area (Å²) in [6.07, 6.45) is 2.11. The third-order valence-electron chi connectivity index (χ3n) is 6.24. The number of carbonyl (C=O) groups is 1. The number of hydrogen-bond donors (Lipinski definition) is 2. The van der Waals surface area contributed by atoms with Crippen LogP contribution in [0.25, 0.3) is 22.2 Å². The average molecular weight is 462 g/mol. The lowest BCUT2D eigenvalue weighted by molar-refractivity contribution is 0.0996. The molecule has 172 valence electrons. The Morgan fingerprint density at radius 1 is 1.16 bits per heavy atom. The number of aryl methyl sites for hydroxylation is 1. The lowest BCUT2D eigenvalue weighted by atomic mass is 10.0. The van der Waals surface area contributed by atoms with Gasteiger partial charge < -0.3 is 30.0 Å². The van der Waals surface area contributed by atoms with Gasteiger partial charge in [-0.25, -0.2) is 0 Å². The summed E-state index contributed by atoms with van der Waals surface area (Å²) >= 11 is 0. The molecule has 2 aliphatic heterocycles. The zero-order chi connectivity index (χ0) is 21.7. The predicted octanol–water partition coefficient (Wildman–Crippen LogP) is 1.07. The number of carbonyl (C=O) groups excluding carboxylic acids is 1. The molecular formula is C21H28ClN7O3. The number of anilines is 2. The minimum Gasteiger partial charge on any atom is -0.422 e. The molecule has 1 atom stereocenters. The maximum Gasteiger partial charge on any atom is 0.298 e. The zero-order valence-electron chi connectivity index (χ0n) is 18.2. The second-order valence-corrected chi connectivity index (χ2v) is 8.41. The first-order chi connectivity index (χ1) is 14.9. The SMILES string of the molecule is CN1CCN(c2nc(C(N)=O)c(-c3cc4c(cnn4C)cc3N3CCC(O)C3)o2)CC1.Cl. The van der Waals surface area contributed by atoms with E-state index in [0.717, 1.165) is 48.3 Å². The smallest absolute Gasteiger partial charge is 0.298 e. The molecule has 1 unspecified atom stereocenters. The number of amides is 1. The number of β-amino-alcohol motifs (C(OH)–C–C–N with tert-alkyl or cyclic N) is 1. The zero-order valence-corrected chi connectivity index (χ0v) is 19.0. The van der Waals surface area contributed by atoms with Gasteiger partial charge in [-0.15, -0.1) is 12.4 Å². The Labute approximate surface area is 192 Å². The number of likely N-dealkylation sites (N-methyl/N-ethyl adjacent to an activating group) is 1. The molecular weight excluding hydrogens is 434 g/mol. The van der Waals surface area contributed by atoms with E-state index in [2.05, 4.69) is 26.9 Å². The van der Waals surface area contributed by atoms with Gasteiger partial charge in [0, 0.05) is 63.0 Å². The van der Waals surface area contributed by atoms with Crippen LogP contribution < -0.4 is 15.5 Å². The molecule has 3 aromatic rings. The summed E-state index contributed by atoms with van der Waals surface area (Å²) in [5.41, 5.74) is 8.34. The van der Waals surface area contributed by atoms with Crippen molar-refractivity contribution in [2.75, 3.05) is 56.1 Å². The second-order valence-electron chi connectivity index (χ2n) is 8.41. The highest BCUT2D eigenvalue weighted by atomic mass is 35.5. The molecule has 0 spiro atoms. The molecule has 2 fully saturated rings. The number of hydrogen-bond acceptors (Lipinski definition) is 8. The number of piperazine rings is 1. The van der Waals surface area contributed by atoms with Gasteiger partial charge in [0.25, 0.3) is 11.9 Å². The number of aromatic nitrogens is 3. The van der Waals surface area contributed by atoms with Crippen LogP contribution in [-0.4, -0.2) is 83.1 Å². The van der Waals surface area contributed by atoms with Crippen molar-refractivity contribution in [2.45, 2.75) is 12.5 Å². The molecule has 4 heterocycles. The Kier molecular flexibility index (Phi) is 6.02. The van der Waals surface area contributed by atoms with Crippen molar-refractivity contribution in [3.05, 3.63) is 24.0 Å². The lowest BCUT2D eigenvalue weighted by Crippen LogP contribution is -2.44. The number of aliphatic hydroxyl groups excluding tert-OH is 1. The van der Waals surface area contributed by atoms with Crippen LogP contribution in [0.4, 0.5) is 11.7 Å². The van der Waals surface area contributed by atoms with Crippen LogP contribution in [0.1, 0.15) is 16.9 Å². The average Bonchev–Trinajstić information content (AvgIpc) is 3.46. The lowest BCUT2D eigenvalue weighted by Gasteiger charge is -2.31. The number of nitrogens with two attached hydrogens (primary N) is 1. The van der Waals surface area contributed by atoms with Gasteiger partial charge in [-0.3, -0.25) is 9.48 Å². The first-order valence-electron chi connectivity index (χ1n) is 10.5. The number of primary amides is 1. The van der Waals surface area contributed by atoms with E-state index in [4.69, 9.17) is 10.2 Å². The van der Waals surface area contributed by atoms with Gasteiger partial charge in [-0.1, -0.05) is 0 Å². The van der Waals surface area contributed by atoms with E-state index < -0.39 is 5.91 Å². The number of aliphatic hydroxyl groups is 1. The molecule has 2 saturated heterocycles. The van der Waals surface area contributed by atoms with Crippen molar-refractivity contribution in [2.24, 2.45) is 12.8 Å². The Morgan fingerprint density at radius 3 is 2.56 bits per heavy atom. The first kappa shape index (κ1) is 22.4. The Bertz CT molecular complexity index is 1140. The molecule has 32 heavy (non-hydrogen) atoms. The topological polar surface area (TPSA) is 117 Å². The predicted molar refractivity (Wildman–Crippen MR) is 125 cm³/mol. The van der Waals surface area contributed by atoms with E-state index in [1.165, 1.54) is 0 Å². The van der Waals surface area contributed by atoms with Gasteiger partial charge in [-0.2, -0.15) is 10.1 Å². The van der Waals surface area contributed by atoms with Crippen molar-refractivity contribution in [3.8, 4) is 11.3 Å². The van der Waals surface area contributed by atoms with Crippen LogP contribution in [0.5, 0.6) is 0 Å². The molecule has 2 aliphatic rings. The van der Waals surface area contributed by atoms with Gasteiger partial charge in [0.1, 0.15) is 0 Å². The summed E-state index contributed by atoms with van der Waals surface area (Å²) in [6, 6.07) is 4.40. The van der Waals surface area contributed by atoms with E-state index in [1.54, 1.807) is 10.9 Å². The van der Waals surface area contributed by atoms with Crippen LogP contribution in [0.2, 0.25) is 0 Å². The highest BCUT2D eigenvalue weighted by Crippen LogP contribution is 2.39. The van der Waals surface area contributed by atoms with Crippen molar-refractivity contribution in [3.63, 3.8) is 0 Å². The maximum absolute atomic E-state index is 12.3. The Balaban J connectivity index is 0.00000245. The summed E-state index contributed by atoms with van der Waals surface area (Å²) in [5.74, 6) is -0.266. The largest absolute Gasteiger partial charge is 0.422 e. The standard InChI is InChI=1S/C21H27N7O3.ClH/c1-25-5-7-27(8-6-25)21-24-18(20(22)30)19(31-21)15-10-16-13(11-23-26(16)2)9-17(15)28-4-3-14(29)12-28;/h9-11,14,29H,3-8,12H2,1-2H3,(H2,22,30);1H. The summed E-state index contributed by atoms with van der Waals surface area (Å²) in [4.78, 5) is 23.2. The fraction of sp³-hybridized carbons (Fsp3) is 0.476. The molecule has 0 radical (unpaired) electrons. The minimum atomic E-state index is -0.628. The van der Waals surface area contributed by atoms with E-state index in [-0.39, 0.29) is 24.2 Å². The molecule has 0 saturated carbocycles. The minimum absolute atomic E-state index is 0. The van der Waals surface area contributed by atoms with Crippen molar-refractivity contribution < 1.29 is 14.3 Å². The monoisotopic (exact) mass is 461 g/mol. The summed E-state index contributed by atoms with van der Waals surface area (Å²) in [7, 11) is 3.95. The molecule has 2 aromatic heterocycles. The quantitative estimate of drug-likeness (QED) is 0.592. The van der Waals surface area contributed by atoms with E-state index in [1.807, 2.05) is 24.1 Å². The van der Waals surface area contributed by atoms with Crippen LogP contribution in [-0.2, 0) is 7.05 Å². The number of rotatable bonds is 4. The highest BCUT2D eigenvalue weighted by molar-refractivity contribution is 6.01. The van der Waals surface area contributed by atoms with Crippen LogP contribution in [0.3, 0.4) is 0 Å². The van der Waals surface area contributed by atoms with E-state index in [0.29, 0.717) is 31.3 Å². The highest BCUT2D eigenvalue weighted by Gasteiger charge is 2.30. The molecule has 0 aliphatic carbocycles. The van der Waals surface area contributed by atoms with Crippen LogP contribution in [0, 0.1) is 0 Å². The van der Waals surface area contributed by atoms with Gasteiger partial charge >= 0.3 is 0 Å². The van der Waals surface area contributed by atoms with Gasteiger partial charge in [-0.05, 0) is 25.6 Å². The van der Waals surface area contributed by atoms with Gasteiger partial charge in [0.2, 0.25) is 0 Å². The van der Waals surface area contributed by atoms with Gasteiger partial charge in [0.15, 0.2) is 11.5 Å². The number of nitrogens with zero attached hydrogens (tertiary/aromatic N) is 6. The van der Waals surface area contributed by atoms with E-state index >= 15 is 0 Å². The molecule has 1 aromatic carbocycles. The maximum atomic E-state index is 12.3. The molecule has 0 bridgehead atoms. The van der Waals surface area contributed by atoms with Crippen molar-refractivity contribution in [1.29, 1.82) is 0 Å². The van der Waals surface area contributed by atoms with Crippen molar-refractivity contribution in [1.82, 2.24) is 19.7 Å². The normalized spacial score (nSPS) is 19.5. The molecule has 1 amide bonds. The molecule has 11 heteroatoms. The fourth-order valence-corrected chi connectivity index (χ4v) is 4.38. The third kappa shape index (κ3) is 3.89. The number of benzene rings is 1. The molecule has 3 N–H and O–H groups in total. The Morgan fingerprint density at radius 2 is 1.91 bits per heavy atom. The van der Waals surface area contributed by atoms with Gasteiger partial charge in [0.05, 0.1) is 17.8 Å². The van der Waals surface area contributed by atoms with Crippen molar-refractivity contribution >= 4 is 40.9 Å². The first-order valence-corrected chi connectivity index (χ1v) is 10.5.